The van der Waals surface area contributed by atoms with Crippen molar-refractivity contribution in [2.45, 2.75) is 213 Å². The van der Waals surface area contributed by atoms with Gasteiger partial charge in [0.1, 0.15) is 6.61 Å². The minimum Gasteiger partial charge on any atom is -0.462 e. The molecule has 2 atom stereocenters. The summed E-state index contributed by atoms with van der Waals surface area (Å²) < 4.78 is 32.7. The molecular formula is C41H80NO8P. The maximum atomic E-state index is 12.6. The van der Waals surface area contributed by atoms with Gasteiger partial charge in [0.15, 0.2) is 6.10 Å². The molecule has 2 unspecified atom stereocenters. The molecule has 0 aromatic heterocycles. The van der Waals surface area contributed by atoms with Crippen molar-refractivity contribution in [1.29, 1.82) is 0 Å². The van der Waals surface area contributed by atoms with Crippen LogP contribution in [0, 0.1) is 0 Å². The summed E-state index contributed by atoms with van der Waals surface area (Å²) in [5.41, 5.74) is 5.34. The summed E-state index contributed by atoms with van der Waals surface area (Å²) in [4.78, 5) is 34.8. The molecule has 0 radical (unpaired) electrons. The maximum Gasteiger partial charge on any atom is 0.472 e. The van der Waals surface area contributed by atoms with Crippen molar-refractivity contribution in [3.63, 3.8) is 0 Å². The van der Waals surface area contributed by atoms with Crippen LogP contribution in [0.2, 0.25) is 0 Å². The number of phosphoric acid groups is 1. The molecule has 9 nitrogen and oxygen atoms in total. The molecular weight excluding hydrogens is 665 g/mol. The number of hydrogen-bond donors (Lipinski definition) is 2. The van der Waals surface area contributed by atoms with E-state index >= 15 is 0 Å². The minimum atomic E-state index is -4.37. The van der Waals surface area contributed by atoms with Gasteiger partial charge in [0, 0.05) is 19.4 Å². The van der Waals surface area contributed by atoms with Gasteiger partial charge in [0.2, 0.25) is 0 Å². The standard InChI is InChI=1S/C41H80NO8P/c1-3-5-7-9-11-13-15-17-18-19-20-22-24-26-28-30-32-34-41(44)50-39(38-49-51(45,46)48-36-35-42)37-47-40(43)33-31-29-27-25-23-21-16-14-12-10-8-6-4-2/h17-18,39H,3-16,19-38,42H2,1-2H3,(H,45,46). The molecule has 0 aliphatic rings. The normalized spacial score (nSPS) is 13.4. The number of unbranched alkanes of at least 4 members (excludes halogenated alkanes) is 25. The molecule has 10 heteroatoms. The van der Waals surface area contributed by atoms with Gasteiger partial charge >= 0.3 is 19.8 Å². The van der Waals surface area contributed by atoms with Crippen molar-refractivity contribution in [2.75, 3.05) is 26.4 Å². The van der Waals surface area contributed by atoms with Gasteiger partial charge in [-0.2, -0.15) is 0 Å². The molecule has 3 N–H and O–H groups in total. The largest absolute Gasteiger partial charge is 0.472 e. The van der Waals surface area contributed by atoms with E-state index in [1.165, 1.54) is 128 Å². The lowest BCUT2D eigenvalue weighted by Gasteiger charge is -2.19. The van der Waals surface area contributed by atoms with Gasteiger partial charge in [-0.15, -0.1) is 0 Å². The SMILES string of the molecule is CCCCCCCCC=CCCCCCCCCCC(=O)OC(COC(=O)CCCCCCCCCCCCCCC)COP(=O)(O)OCCN. The van der Waals surface area contributed by atoms with E-state index in [1.807, 2.05) is 0 Å². The van der Waals surface area contributed by atoms with E-state index in [4.69, 9.17) is 24.3 Å². The number of esters is 2. The van der Waals surface area contributed by atoms with E-state index in [0.29, 0.717) is 6.42 Å². The minimum absolute atomic E-state index is 0.0554. The number of rotatable bonds is 40. The number of nitrogens with two attached hydrogens (primary N) is 1. The molecule has 0 heterocycles. The van der Waals surface area contributed by atoms with E-state index in [9.17, 15) is 19.0 Å². The van der Waals surface area contributed by atoms with Gasteiger partial charge in [-0.3, -0.25) is 18.6 Å². The lowest BCUT2D eigenvalue weighted by Crippen LogP contribution is -2.29. The van der Waals surface area contributed by atoms with E-state index < -0.39 is 26.5 Å². The van der Waals surface area contributed by atoms with E-state index in [2.05, 4.69) is 26.0 Å². The molecule has 51 heavy (non-hydrogen) atoms. The maximum absolute atomic E-state index is 12.6. The quantitative estimate of drug-likeness (QED) is 0.0272. The van der Waals surface area contributed by atoms with Gasteiger partial charge in [-0.05, 0) is 38.5 Å². The molecule has 0 bridgehead atoms. The third-order valence-corrected chi connectivity index (χ3v) is 10.1. The van der Waals surface area contributed by atoms with Gasteiger partial charge in [0.25, 0.3) is 0 Å². The predicted molar refractivity (Wildman–Crippen MR) is 211 cm³/mol. The Morgan fingerprint density at radius 3 is 1.39 bits per heavy atom. The van der Waals surface area contributed by atoms with Crippen LogP contribution >= 0.6 is 7.82 Å². The third kappa shape index (κ3) is 38.3. The summed E-state index contributed by atoms with van der Waals surface area (Å²) in [6, 6.07) is 0. The van der Waals surface area contributed by atoms with Crippen LogP contribution in [0.3, 0.4) is 0 Å². The number of hydrogen-bond acceptors (Lipinski definition) is 8. The highest BCUT2D eigenvalue weighted by Crippen LogP contribution is 2.43. The van der Waals surface area contributed by atoms with Gasteiger partial charge in [-0.1, -0.05) is 167 Å². The summed E-state index contributed by atoms with van der Waals surface area (Å²) in [6.07, 6.45) is 38.1. The number of phosphoric ester groups is 1. The van der Waals surface area contributed by atoms with Crippen LogP contribution in [-0.2, 0) is 32.7 Å². The summed E-state index contributed by atoms with van der Waals surface area (Å²) in [7, 11) is -4.37. The number of carbonyl (C=O) groups is 2. The second-order valence-corrected chi connectivity index (χ2v) is 15.7. The predicted octanol–water partition coefficient (Wildman–Crippen LogP) is 11.8. The lowest BCUT2D eigenvalue weighted by atomic mass is 10.0. The average Bonchev–Trinajstić information content (AvgIpc) is 3.11. The fourth-order valence-electron chi connectivity index (χ4n) is 5.98. The molecule has 0 aromatic carbocycles. The fraction of sp³-hybridized carbons (Fsp3) is 0.902. The summed E-state index contributed by atoms with van der Waals surface area (Å²) in [5, 5.41) is 0. The number of carbonyl (C=O) groups excluding carboxylic acids is 2. The Kier molecular flexibility index (Phi) is 37.5. The zero-order valence-electron chi connectivity index (χ0n) is 33.1. The lowest BCUT2D eigenvalue weighted by molar-refractivity contribution is -0.161. The molecule has 0 saturated heterocycles. The van der Waals surface area contributed by atoms with Gasteiger partial charge in [-0.25, -0.2) is 4.57 Å². The molecule has 0 aliphatic carbocycles. The van der Waals surface area contributed by atoms with Gasteiger partial charge < -0.3 is 20.1 Å². The fourth-order valence-corrected chi connectivity index (χ4v) is 6.75. The monoisotopic (exact) mass is 746 g/mol. The summed E-state index contributed by atoms with van der Waals surface area (Å²) >= 11 is 0. The van der Waals surface area contributed by atoms with Crippen LogP contribution < -0.4 is 5.73 Å². The van der Waals surface area contributed by atoms with Crippen LogP contribution in [0.25, 0.3) is 0 Å². The van der Waals surface area contributed by atoms with E-state index in [1.54, 1.807) is 0 Å². The highest BCUT2D eigenvalue weighted by molar-refractivity contribution is 7.47. The van der Waals surface area contributed by atoms with Crippen LogP contribution in [0.5, 0.6) is 0 Å². The van der Waals surface area contributed by atoms with E-state index in [-0.39, 0.29) is 38.6 Å². The molecule has 302 valence electrons. The first kappa shape index (κ1) is 49.8. The van der Waals surface area contributed by atoms with E-state index in [0.717, 1.165) is 44.9 Å². The Balaban J connectivity index is 4.14. The summed E-state index contributed by atoms with van der Waals surface area (Å²) in [6.45, 7) is 3.74. The van der Waals surface area contributed by atoms with Crippen molar-refractivity contribution in [1.82, 2.24) is 0 Å². The first-order valence-electron chi connectivity index (χ1n) is 21.2. The zero-order chi connectivity index (χ0) is 37.5. The number of ether oxygens (including phenoxy) is 2. The molecule has 0 aromatic rings. The number of allylic oxidation sites excluding steroid dienone is 2. The van der Waals surface area contributed by atoms with Crippen molar-refractivity contribution < 1.29 is 37.6 Å². The van der Waals surface area contributed by atoms with Crippen molar-refractivity contribution >= 4 is 19.8 Å². The molecule has 0 fully saturated rings. The van der Waals surface area contributed by atoms with Crippen LogP contribution in [0.15, 0.2) is 12.2 Å². The second-order valence-electron chi connectivity index (χ2n) is 14.2. The Labute approximate surface area is 313 Å². The van der Waals surface area contributed by atoms with Crippen LogP contribution in [0.1, 0.15) is 206 Å². The molecule has 0 spiro atoms. The van der Waals surface area contributed by atoms with Crippen LogP contribution in [0.4, 0.5) is 0 Å². The highest BCUT2D eigenvalue weighted by Gasteiger charge is 2.26. The Morgan fingerprint density at radius 2 is 0.961 bits per heavy atom. The molecule has 0 saturated carbocycles. The first-order valence-corrected chi connectivity index (χ1v) is 22.7. The molecule has 0 amide bonds. The van der Waals surface area contributed by atoms with Crippen molar-refractivity contribution in [2.24, 2.45) is 5.73 Å². The second kappa shape index (κ2) is 38.5. The highest BCUT2D eigenvalue weighted by atomic mass is 31.2. The third-order valence-electron chi connectivity index (χ3n) is 9.15. The smallest absolute Gasteiger partial charge is 0.462 e. The topological polar surface area (TPSA) is 134 Å². The first-order chi connectivity index (χ1) is 24.8. The van der Waals surface area contributed by atoms with Crippen LogP contribution in [-0.4, -0.2) is 49.3 Å². The van der Waals surface area contributed by atoms with Crippen molar-refractivity contribution in [3.05, 3.63) is 12.2 Å². The molecule has 0 aliphatic heterocycles. The van der Waals surface area contributed by atoms with Gasteiger partial charge in [0.05, 0.1) is 13.2 Å². The Hall–Kier alpha value is -1.25. The zero-order valence-corrected chi connectivity index (χ0v) is 34.0. The average molecular weight is 746 g/mol. The summed E-state index contributed by atoms with van der Waals surface area (Å²) in [5.74, 6) is -0.825. The van der Waals surface area contributed by atoms with Crippen molar-refractivity contribution in [3.8, 4) is 0 Å². The molecule has 0 rings (SSSR count). The Morgan fingerprint density at radius 1 is 0.569 bits per heavy atom. The Bertz CT molecular complexity index is 856.